The van der Waals surface area contributed by atoms with Gasteiger partial charge >= 0.3 is 7.60 Å². The Labute approximate surface area is 103 Å². The van der Waals surface area contributed by atoms with E-state index in [0.29, 0.717) is 24.5 Å². The Bertz CT molecular complexity index is 596. The van der Waals surface area contributed by atoms with Gasteiger partial charge in [0.25, 0.3) is 10.9 Å². The Morgan fingerprint density at radius 2 is 2.06 bits per heavy atom. The van der Waals surface area contributed by atoms with E-state index in [4.69, 9.17) is 9.79 Å². The third-order valence-electron chi connectivity index (χ3n) is 2.73. The lowest BCUT2D eigenvalue weighted by Crippen LogP contribution is -2.41. The van der Waals surface area contributed by atoms with Gasteiger partial charge in [-0.15, -0.1) is 0 Å². The van der Waals surface area contributed by atoms with Crippen LogP contribution in [0, 0.1) is 0 Å². The number of hydrogen-bond donors (Lipinski definition) is 3. The predicted molar refractivity (Wildman–Crippen MR) is 67.9 cm³/mol. The maximum absolute atomic E-state index is 11.5. The van der Waals surface area contributed by atoms with E-state index >= 15 is 0 Å². The molecule has 1 heterocycles. The zero-order chi connectivity index (χ0) is 13.3. The van der Waals surface area contributed by atoms with Gasteiger partial charge in [-0.25, -0.2) is 0 Å². The first kappa shape index (κ1) is 13.0. The van der Waals surface area contributed by atoms with Crippen molar-refractivity contribution >= 4 is 19.0 Å². The van der Waals surface area contributed by atoms with Gasteiger partial charge in [-0.2, -0.15) is 0 Å². The Balaban J connectivity index is 2.17. The third-order valence-corrected chi connectivity index (χ3v) is 3.33. The highest BCUT2D eigenvalue weighted by Gasteiger charge is 2.27. The van der Waals surface area contributed by atoms with E-state index in [1.807, 2.05) is 0 Å². The van der Waals surface area contributed by atoms with Gasteiger partial charge in [0.2, 0.25) is 0 Å². The Hall–Kier alpha value is -1.43. The van der Waals surface area contributed by atoms with Crippen LogP contribution in [-0.4, -0.2) is 29.4 Å². The summed E-state index contributed by atoms with van der Waals surface area (Å²) in [7, 11) is -4.18. The van der Waals surface area contributed by atoms with Crippen LogP contribution in [0.3, 0.4) is 0 Å². The minimum atomic E-state index is -4.18. The van der Waals surface area contributed by atoms with E-state index < -0.39 is 18.5 Å². The normalized spacial score (nSPS) is 16.7. The van der Waals surface area contributed by atoms with Crippen molar-refractivity contribution in [3.8, 4) is 0 Å². The van der Waals surface area contributed by atoms with Crippen LogP contribution < -0.4 is 21.1 Å². The van der Waals surface area contributed by atoms with Crippen molar-refractivity contribution in [1.82, 2.24) is 0 Å². The summed E-state index contributed by atoms with van der Waals surface area (Å²) >= 11 is 0. The molecule has 0 fully saturated rings. The fourth-order valence-electron chi connectivity index (χ4n) is 1.93. The zero-order valence-corrected chi connectivity index (χ0v) is 10.4. The minimum Gasteiger partial charge on any atom is -0.380 e. The molecule has 98 valence electrons. The third kappa shape index (κ3) is 2.53. The molecule has 0 bridgehead atoms. The van der Waals surface area contributed by atoms with Gasteiger partial charge in [0.15, 0.2) is 0 Å². The fourth-order valence-corrected chi connectivity index (χ4v) is 2.30. The Morgan fingerprint density at radius 3 is 2.72 bits per heavy atom. The smallest absolute Gasteiger partial charge is 0.348 e. The second kappa shape index (κ2) is 4.68. The summed E-state index contributed by atoms with van der Waals surface area (Å²) in [4.78, 5) is 41.8. The number of hydrogen-bond acceptors (Lipinski definition) is 5. The molecule has 0 aromatic heterocycles. The molecular weight excluding hydrogens is 259 g/mol. The largest absolute Gasteiger partial charge is 0.380 e. The number of anilines is 2. The molecule has 0 unspecified atom stereocenters. The molecule has 0 atom stereocenters. The quantitative estimate of drug-likeness (QED) is 0.507. The van der Waals surface area contributed by atoms with Crippen LogP contribution in [0.15, 0.2) is 21.5 Å². The van der Waals surface area contributed by atoms with E-state index in [0.717, 1.165) is 12.2 Å². The molecule has 1 aliphatic heterocycles. The summed E-state index contributed by atoms with van der Waals surface area (Å²) in [6, 6.07) is 0. The van der Waals surface area contributed by atoms with Gasteiger partial charge in [0.1, 0.15) is 11.4 Å². The summed E-state index contributed by atoms with van der Waals surface area (Å²) in [5.41, 5.74) is -0.408. The second-order valence-corrected chi connectivity index (χ2v) is 5.56. The average Bonchev–Trinajstić information content (AvgIpc) is 2.47. The highest BCUT2D eigenvalue weighted by Crippen LogP contribution is 2.36. The predicted octanol–water partition coefficient (Wildman–Crippen LogP) is -0.404. The monoisotopic (exact) mass is 272 g/mol. The molecule has 8 heteroatoms. The van der Waals surface area contributed by atoms with Crippen LogP contribution >= 0.6 is 7.60 Å². The number of nitrogens with one attached hydrogen (secondary N) is 1. The van der Waals surface area contributed by atoms with Crippen molar-refractivity contribution in [3.63, 3.8) is 0 Å². The lowest BCUT2D eigenvalue weighted by Gasteiger charge is -2.22. The first-order chi connectivity index (χ1) is 8.40. The molecule has 2 rings (SSSR count). The van der Waals surface area contributed by atoms with Crippen LogP contribution in [0.25, 0.3) is 0 Å². The first-order valence-corrected chi connectivity index (χ1v) is 7.13. The number of fused-ring (bicyclic) bond motifs is 1. The lowest BCUT2D eigenvalue weighted by molar-refractivity contribution is 0.386. The van der Waals surface area contributed by atoms with Crippen molar-refractivity contribution in [2.45, 2.75) is 6.42 Å². The highest BCUT2D eigenvalue weighted by atomic mass is 31.2. The standard InChI is InChI=1S/C10H13N2O5P/c13-9-7-8(10(9)14)12(4-1-3-11-7)5-2-6-18(15,16)17/h2,6,11H,1,3-5H2,(H2,15,16,17)/b6-2+. The zero-order valence-electron chi connectivity index (χ0n) is 9.50. The molecule has 3 N–H and O–H groups in total. The summed E-state index contributed by atoms with van der Waals surface area (Å²) in [5, 5.41) is 2.89. The SMILES string of the molecule is O=c1c2c(c1=O)N(C/C=C/P(=O)(O)O)CCCN2. The van der Waals surface area contributed by atoms with Crippen molar-refractivity contribution in [3.05, 3.63) is 32.3 Å². The van der Waals surface area contributed by atoms with Gasteiger partial charge < -0.3 is 20.0 Å². The van der Waals surface area contributed by atoms with E-state index in [2.05, 4.69) is 5.32 Å². The van der Waals surface area contributed by atoms with Gasteiger partial charge in [-0.1, -0.05) is 6.08 Å². The van der Waals surface area contributed by atoms with Crippen molar-refractivity contribution in [2.24, 2.45) is 0 Å². The van der Waals surface area contributed by atoms with Crippen LogP contribution in [0.5, 0.6) is 0 Å². The fraction of sp³-hybridized carbons (Fsp3) is 0.400. The molecule has 18 heavy (non-hydrogen) atoms. The molecule has 0 saturated carbocycles. The number of rotatable bonds is 3. The van der Waals surface area contributed by atoms with Crippen LogP contribution in [0.1, 0.15) is 6.42 Å². The van der Waals surface area contributed by atoms with Crippen LogP contribution in [0.2, 0.25) is 0 Å². The maximum atomic E-state index is 11.5. The maximum Gasteiger partial charge on any atom is 0.348 e. The summed E-state index contributed by atoms with van der Waals surface area (Å²) in [6.07, 6.45) is 2.06. The molecule has 1 aromatic rings. The van der Waals surface area contributed by atoms with Crippen LogP contribution in [-0.2, 0) is 4.57 Å². The first-order valence-electron chi connectivity index (χ1n) is 5.45. The molecule has 0 amide bonds. The molecular formula is C10H13N2O5P. The second-order valence-electron chi connectivity index (χ2n) is 4.08. The molecule has 0 radical (unpaired) electrons. The van der Waals surface area contributed by atoms with E-state index in [9.17, 15) is 14.2 Å². The molecule has 1 aliphatic rings. The van der Waals surface area contributed by atoms with Gasteiger partial charge in [-0.05, 0) is 6.42 Å². The number of nitrogens with zero attached hydrogens (tertiary/aromatic N) is 1. The summed E-state index contributed by atoms with van der Waals surface area (Å²) in [6.45, 7) is 1.37. The van der Waals surface area contributed by atoms with Crippen molar-refractivity contribution < 1.29 is 14.4 Å². The van der Waals surface area contributed by atoms with Crippen molar-refractivity contribution in [1.29, 1.82) is 0 Å². The highest BCUT2D eigenvalue weighted by molar-refractivity contribution is 7.55. The van der Waals surface area contributed by atoms with Crippen LogP contribution in [0.4, 0.5) is 11.4 Å². The lowest BCUT2D eigenvalue weighted by atomic mass is 10.1. The minimum absolute atomic E-state index is 0.199. The molecule has 0 saturated heterocycles. The van der Waals surface area contributed by atoms with Crippen molar-refractivity contribution in [2.75, 3.05) is 29.9 Å². The van der Waals surface area contributed by atoms with Gasteiger partial charge in [0.05, 0.1) is 0 Å². The molecule has 7 nitrogen and oxygen atoms in total. The van der Waals surface area contributed by atoms with E-state index in [1.54, 1.807) is 4.90 Å². The topological polar surface area (TPSA) is 107 Å². The molecule has 0 spiro atoms. The summed E-state index contributed by atoms with van der Waals surface area (Å²) < 4.78 is 10.7. The van der Waals surface area contributed by atoms with E-state index in [-0.39, 0.29) is 6.54 Å². The molecule has 1 aromatic carbocycles. The average molecular weight is 272 g/mol. The summed E-state index contributed by atoms with van der Waals surface area (Å²) in [5.74, 6) is 0.802. The Morgan fingerprint density at radius 1 is 1.33 bits per heavy atom. The van der Waals surface area contributed by atoms with E-state index in [1.165, 1.54) is 6.08 Å². The van der Waals surface area contributed by atoms with Gasteiger partial charge in [0, 0.05) is 25.5 Å². The molecule has 0 aliphatic carbocycles. The van der Waals surface area contributed by atoms with Gasteiger partial charge in [-0.3, -0.25) is 14.2 Å². The Kier molecular flexibility index (Phi) is 3.38.